The summed E-state index contributed by atoms with van der Waals surface area (Å²) in [5.41, 5.74) is 2.97. The third-order valence-corrected chi connectivity index (χ3v) is 6.54. The van der Waals surface area contributed by atoms with Crippen LogP contribution in [0.2, 0.25) is 0 Å². The Bertz CT molecular complexity index is 378. The second kappa shape index (κ2) is 5.47. The van der Waals surface area contributed by atoms with Gasteiger partial charge in [0, 0.05) is 12.3 Å². The van der Waals surface area contributed by atoms with Crippen LogP contribution in [0.25, 0.3) is 0 Å². The maximum atomic E-state index is 11.7. The number of hydrogen-bond acceptors (Lipinski definition) is 4. The lowest BCUT2D eigenvalue weighted by Gasteiger charge is -2.36. The van der Waals surface area contributed by atoms with Crippen molar-refractivity contribution in [1.82, 2.24) is 5.43 Å². The van der Waals surface area contributed by atoms with Gasteiger partial charge in [0.1, 0.15) is 9.84 Å². The second-order valence-corrected chi connectivity index (χ2v) is 8.59. The van der Waals surface area contributed by atoms with Gasteiger partial charge in [-0.1, -0.05) is 13.3 Å². The summed E-state index contributed by atoms with van der Waals surface area (Å²) >= 11 is 0. The van der Waals surface area contributed by atoms with E-state index in [9.17, 15) is 8.42 Å². The molecule has 2 aliphatic rings. The van der Waals surface area contributed by atoms with Gasteiger partial charge in [-0.05, 0) is 49.9 Å². The van der Waals surface area contributed by atoms with Crippen LogP contribution in [-0.2, 0) is 9.84 Å². The largest absolute Gasteiger partial charge is 0.271 e. The topological polar surface area (TPSA) is 72.2 Å². The molecule has 18 heavy (non-hydrogen) atoms. The Hall–Kier alpha value is -0.130. The molecule has 0 aliphatic heterocycles. The quantitative estimate of drug-likeness (QED) is 0.588. The van der Waals surface area contributed by atoms with Crippen molar-refractivity contribution in [3.63, 3.8) is 0 Å². The van der Waals surface area contributed by atoms with Gasteiger partial charge in [-0.25, -0.2) is 8.42 Å². The second-order valence-electron chi connectivity index (χ2n) is 6.27. The Kier molecular flexibility index (Phi) is 4.34. The van der Waals surface area contributed by atoms with Gasteiger partial charge >= 0.3 is 0 Å². The Morgan fingerprint density at radius 2 is 1.83 bits per heavy atom. The molecule has 0 aromatic rings. The monoisotopic (exact) mass is 274 g/mol. The van der Waals surface area contributed by atoms with Gasteiger partial charge in [0.05, 0.1) is 5.25 Å². The summed E-state index contributed by atoms with van der Waals surface area (Å²) in [5, 5.41) is -0.154. The SMILES string of the molecule is CC(C1CC1)C(NN)C1CCCC(S(C)(=O)=O)C1. The first kappa shape index (κ1) is 14.3. The van der Waals surface area contributed by atoms with E-state index in [1.54, 1.807) is 0 Å². The highest BCUT2D eigenvalue weighted by atomic mass is 32.2. The molecule has 0 saturated heterocycles. The highest BCUT2D eigenvalue weighted by Gasteiger charge is 2.39. The first-order valence-corrected chi connectivity index (χ1v) is 9.04. The highest BCUT2D eigenvalue weighted by molar-refractivity contribution is 7.91. The van der Waals surface area contributed by atoms with E-state index in [-0.39, 0.29) is 11.3 Å². The van der Waals surface area contributed by atoms with Crippen molar-refractivity contribution >= 4 is 9.84 Å². The van der Waals surface area contributed by atoms with Crippen LogP contribution in [0.5, 0.6) is 0 Å². The number of nitrogens with two attached hydrogens (primary N) is 1. The molecule has 0 aromatic carbocycles. The Morgan fingerprint density at radius 3 is 2.33 bits per heavy atom. The van der Waals surface area contributed by atoms with Crippen LogP contribution in [-0.4, -0.2) is 26.0 Å². The van der Waals surface area contributed by atoms with E-state index in [1.165, 1.54) is 19.1 Å². The zero-order chi connectivity index (χ0) is 13.3. The third-order valence-electron chi connectivity index (χ3n) is 4.90. The predicted molar refractivity (Wildman–Crippen MR) is 73.6 cm³/mol. The summed E-state index contributed by atoms with van der Waals surface area (Å²) in [6.45, 7) is 2.26. The molecule has 0 spiro atoms. The number of hydrazine groups is 1. The predicted octanol–water partition coefficient (Wildman–Crippen LogP) is 1.47. The van der Waals surface area contributed by atoms with Crippen LogP contribution in [0, 0.1) is 17.8 Å². The Labute approximate surface area is 111 Å². The zero-order valence-electron chi connectivity index (χ0n) is 11.4. The van der Waals surface area contributed by atoms with E-state index in [4.69, 9.17) is 5.84 Å². The first-order chi connectivity index (χ1) is 8.43. The summed E-state index contributed by atoms with van der Waals surface area (Å²) in [5.74, 6) is 7.50. The van der Waals surface area contributed by atoms with Gasteiger partial charge in [0.15, 0.2) is 0 Å². The minimum Gasteiger partial charge on any atom is -0.271 e. The summed E-state index contributed by atoms with van der Waals surface area (Å²) < 4.78 is 23.4. The standard InChI is InChI=1S/C13H26N2O2S/c1-9(10-6-7-10)13(15-14)11-4-3-5-12(8-11)18(2,16)17/h9-13,15H,3-8,14H2,1-2H3. The van der Waals surface area contributed by atoms with Crippen LogP contribution in [0.1, 0.15) is 45.4 Å². The minimum atomic E-state index is -2.90. The normalized spacial score (nSPS) is 33.1. The highest BCUT2D eigenvalue weighted by Crippen LogP contribution is 2.42. The smallest absolute Gasteiger partial charge is 0.150 e. The number of hydrogen-bond donors (Lipinski definition) is 2. The van der Waals surface area contributed by atoms with Crippen molar-refractivity contribution in [2.75, 3.05) is 6.26 Å². The molecule has 2 aliphatic carbocycles. The lowest BCUT2D eigenvalue weighted by Crippen LogP contribution is -2.48. The molecule has 0 aromatic heterocycles. The fourth-order valence-corrected chi connectivity index (χ4v) is 4.72. The minimum absolute atomic E-state index is 0.154. The van der Waals surface area contributed by atoms with Gasteiger partial charge in [0.25, 0.3) is 0 Å². The molecule has 5 heteroatoms. The third kappa shape index (κ3) is 3.25. The first-order valence-electron chi connectivity index (χ1n) is 7.08. The maximum Gasteiger partial charge on any atom is 0.150 e. The Morgan fingerprint density at radius 1 is 1.17 bits per heavy atom. The molecule has 2 rings (SSSR count). The van der Waals surface area contributed by atoms with Crippen molar-refractivity contribution in [2.45, 2.75) is 56.7 Å². The maximum absolute atomic E-state index is 11.7. The lowest BCUT2D eigenvalue weighted by atomic mass is 9.78. The summed E-state index contributed by atoms with van der Waals surface area (Å²) in [6, 6.07) is 0.280. The molecule has 0 radical (unpaired) electrons. The molecule has 0 bridgehead atoms. The van der Waals surface area contributed by atoms with Gasteiger partial charge in [-0.3, -0.25) is 11.3 Å². The molecule has 0 heterocycles. The zero-order valence-corrected chi connectivity index (χ0v) is 12.2. The van der Waals surface area contributed by atoms with E-state index in [2.05, 4.69) is 12.3 Å². The Balaban J connectivity index is 2.02. The van der Waals surface area contributed by atoms with Crippen LogP contribution in [0.4, 0.5) is 0 Å². The molecule has 4 unspecified atom stereocenters. The molecule has 2 fully saturated rings. The lowest BCUT2D eigenvalue weighted by molar-refractivity contribution is 0.203. The van der Waals surface area contributed by atoms with E-state index in [1.807, 2.05) is 0 Å². The number of sulfone groups is 1. The van der Waals surface area contributed by atoms with Crippen LogP contribution in [0.3, 0.4) is 0 Å². The van der Waals surface area contributed by atoms with E-state index >= 15 is 0 Å². The van der Waals surface area contributed by atoms with Crippen LogP contribution < -0.4 is 11.3 Å². The van der Waals surface area contributed by atoms with Gasteiger partial charge in [-0.2, -0.15) is 0 Å². The molecular weight excluding hydrogens is 248 g/mol. The summed E-state index contributed by atoms with van der Waals surface area (Å²) in [7, 11) is -2.90. The van der Waals surface area contributed by atoms with Crippen molar-refractivity contribution < 1.29 is 8.42 Å². The van der Waals surface area contributed by atoms with Crippen molar-refractivity contribution in [1.29, 1.82) is 0 Å². The molecule has 4 atom stereocenters. The van der Waals surface area contributed by atoms with E-state index in [0.717, 1.165) is 31.6 Å². The van der Waals surface area contributed by atoms with Crippen LogP contribution in [0.15, 0.2) is 0 Å². The van der Waals surface area contributed by atoms with E-state index < -0.39 is 9.84 Å². The van der Waals surface area contributed by atoms with Gasteiger partial charge in [0.2, 0.25) is 0 Å². The number of nitrogens with one attached hydrogen (secondary N) is 1. The average Bonchev–Trinajstić information content (AvgIpc) is 3.13. The van der Waals surface area contributed by atoms with Crippen molar-refractivity contribution in [3.8, 4) is 0 Å². The fourth-order valence-electron chi connectivity index (χ4n) is 3.53. The molecular formula is C13H26N2O2S. The molecule has 3 N–H and O–H groups in total. The molecule has 4 nitrogen and oxygen atoms in total. The van der Waals surface area contributed by atoms with Crippen LogP contribution >= 0.6 is 0 Å². The summed E-state index contributed by atoms with van der Waals surface area (Å²) in [6.07, 6.45) is 7.71. The molecule has 0 amide bonds. The van der Waals surface area contributed by atoms with Crippen molar-refractivity contribution in [2.24, 2.45) is 23.6 Å². The van der Waals surface area contributed by atoms with Crippen molar-refractivity contribution in [3.05, 3.63) is 0 Å². The average molecular weight is 274 g/mol. The van der Waals surface area contributed by atoms with E-state index in [0.29, 0.717) is 11.8 Å². The van der Waals surface area contributed by atoms with Gasteiger partial charge < -0.3 is 0 Å². The summed E-state index contributed by atoms with van der Waals surface area (Å²) in [4.78, 5) is 0. The number of rotatable bonds is 5. The fraction of sp³-hybridized carbons (Fsp3) is 1.00. The van der Waals surface area contributed by atoms with Gasteiger partial charge in [-0.15, -0.1) is 0 Å². The molecule has 106 valence electrons. The molecule has 2 saturated carbocycles.